The van der Waals surface area contributed by atoms with E-state index < -0.39 is 10.9 Å². The number of hydrogen-bond donors (Lipinski definition) is 1. The van der Waals surface area contributed by atoms with E-state index in [1.165, 1.54) is 31.4 Å². The zero-order chi connectivity index (χ0) is 14.7. The number of aromatic carboxylic acids is 1. The van der Waals surface area contributed by atoms with Gasteiger partial charge >= 0.3 is 5.97 Å². The third-order valence-electron chi connectivity index (χ3n) is 3.86. The summed E-state index contributed by atoms with van der Waals surface area (Å²) in [7, 11) is 0. The Hall–Kier alpha value is -2.11. The average Bonchev–Trinajstić information content (AvgIpc) is 2.37. The van der Waals surface area contributed by atoms with Crippen molar-refractivity contribution in [2.75, 3.05) is 18.0 Å². The molecule has 0 unspecified atom stereocenters. The molecule has 1 aromatic carbocycles. The fourth-order valence-electron chi connectivity index (χ4n) is 2.46. The molecule has 1 aliphatic carbocycles. The Morgan fingerprint density at radius 2 is 2.20 bits per heavy atom. The van der Waals surface area contributed by atoms with Crippen LogP contribution >= 0.6 is 0 Å². The van der Waals surface area contributed by atoms with E-state index >= 15 is 0 Å². The largest absolute Gasteiger partial charge is 0.477 e. The van der Waals surface area contributed by atoms with Gasteiger partial charge in [0, 0.05) is 24.8 Å². The zero-order valence-electron chi connectivity index (χ0n) is 11.4. The number of nitrogens with zero attached hydrogens (tertiary/aromatic N) is 2. The maximum atomic E-state index is 11.2. The lowest BCUT2D eigenvalue weighted by Gasteiger charge is -2.33. The van der Waals surface area contributed by atoms with Crippen LogP contribution in [0.1, 0.15) is 36.5 Å². The quantitative estimate of drug-likeness (QED) is 0.639. The first-order chi connectivity index (χ1) is 9.52. The van der Waals surface area contributed by atoms with E-state index in [-0.39, 0.29) is 11.3 Å². The normalized spacial score (nSPS) is 14.7. The van der Waals surface area contributed by atoms with Gasteiger partial charge in [-0.1, -0.05) is 6.42 Å². The standard InChI is InChI=1S/C14H18N2O4/c1-2-15(9-10-4-3-5-10)11-6-7-13(16(19)20)12(8-11)14(17)18/h6-8,10H,2-5,9H2,1H3,(H,17,18). The molecule has 1 fully saturated rings. The van der Waals surface area contributed by atoms with Crippen LogP contribution in [0, 0.1) is 16.0 Å². The number of carboxylic acids is 1. The van der Waals surface area contributed by atoms with E-state index in [4.69, 9.17) is 5.11 Å². The van der Waals surface area contributed by atoms with Crippen LogP contribution in [0.5, 0.6) is 0 Å². The van der Waals surface area contributed by atoms with Crippen molar-refractivity contribution < 1.29 is 14.8 Å². The van der Waals surface area contributed by atoms with E-state index in [0.717, 1.165) is 18.8 Å². The Bertz CT molecular complexity index is 526. The van der Waals surface area contributed by atoms with Crippen molar-refractivity contribution in [3.63, 3.8) is 0 Å². The van der Waals surface area contributed by atoms with Crippen LogP contribution in [0.15, 0.2) is 18.2 Å². The third-order valence-corrected chi connectivity index (χ3v) is 3.86. The van der Waals surface area contributed by atoms with Crippen LogP contribution in [0.4, 0.5) is 11.4 Å². The van der Waals surface area contributed by atoms with Crippen LogP contribution in [-0.2, 0) is 0 Å². The number of anilines is 1. The molecule has 0 heterocycles. The summed E-state index contributed by atoms with van der Waals surface area (Å²) in [5.74, 6) is -0.614. The summed E-state index contributed by atoms with van der Waals surface area (Å²) in [5, 5.41) is 19.9. The predicted octanol–water partition coefficient (Wildman–Crippen LogP) is 2.92. The molecule has 0 aliphatic heterocycles. The molecule has 6 heteroatoms. The Balaban J connectivity index is 2.28. The van der Waals surface area contributed by atoms with Crippen molar-refractivity contribution in [2.24, 2.45) is 5.92 Å². The lowest BCUT2D eigenvalue weighted by molar-refractivity contribution is -0.385. The van der Waals surface area contributed by atoms with Crippen LogP contribution in [0.2, 0.25) is 0 Å². The summed E-state index contributed by atoms with van der Waals surface area (Å²) in [6, 6.07) is 4.32. The number of carboxylic acid groups (broad SMARTS) is 1. The van der Waals surface area contributed by atoms with Gasteiger partial charge in [0.05, 0.1) is 4.92 Å². The van der Waals surface area contributed by atoms with Crippen molar-refractivity contribution in [2.45, 2.75) is 26.2 Å². The minimum atomic E-state index is -1.27. The van der Waals surface area contributed by atoms with E-state index in [1.54, 1.807) is 6.07 Å². The lowest BCUT2D eigenvalue weighted by Crippen LogP contribution is -2.32. The third kappa shape index (κ3) is 2.89. The van der Waals surface area contributed by atoms with Crippen molar-refractivity contribution in [1.29, 1.82) is 0 Å². The number of rotatable bonds is 6. The molecule has 2 rings (SSSR count). The molecule has 1 aromatic rings. The van der Waals surface area contributed by atoms with Gasteiger partial charge in [-0.05, 0) is 37.8 Å². The number of hydrogen-bond acceptors (Lipinski definition) is 4. The number of nitro groups is 1. The summed E-state index contributed by atoms with van der Waals surface area (Å²) < 4.78 is 0. The molecule has 6 nitrogen and oxygen atoms in total. The second kappa shape index (κ2) is 5.90. The van der Waals surface area contributed by atoms with E-state index in [1.807, 2.05) is 6.92 Å². The second-order valence-corrected chi connectivity index (χ2v) is 5.10. The molecular formula is C14H18N2O4. The zero-order valence-corrected chi connectivity index (χ0v) is 11.4. The topological polar surface area (TPSA) is 83.7 Å². The SMILES string of the molecule is CCN(CC1CCC1)c1ccc([N+](=O)[O-])c(C(=O)O)c1. The number of benzene rings is 1. The van der Waals surface area contributed by atoms with Crippen molar-refractivity contribution in [3.05, 3.63) is 33.9 Å². The summed E-state index contributed by atoms with van der Waals surface area (Å²) in [6.07, 6.45) is 3.66. The van der Waals surface area contributed by atoms with Gasteiger partial charge in [-0.3, -0.25) is 10.1 Å². The van der Waals surface area contributed by atoms with Crippen LogP contribution in [0.25, 0.3) is 0 Å². The van der Waals surface area contributed by atoms with E-state index in [9.17, 15) is 14.9 Å². The van der Waals surface area contributed by atoms with Gasteiger partial charge in [0.2, 0.25) is 0 Å². The first kappa shape index (κ1) is 14.3. The van der Waals surface area contributed by atoms with Gasteiger partial charge in [0.15, 0.2) is 0 Å². The molecule has 1 saturated carbocycles. The maximum Gasteiger partial charge on any atom is 0.342 e. The average molecular weight is 278 g/mol. The lowest BCUT2D eigenvalue weighted by atomic mass is 9.85. The van der Waals surface area contributed by atoms with Gasteiger partial charge in [0.25, 0.3) is 5.69 Å². The molecule has 20 heavy (non-hydrogen) atoms. The monoisotopic (exact) mass is 278 g/mol. The Labute approximate surface area is 117 Å². The highest BCUT2D eigenvalue weighted by atomic mass is 16.6. The van der Waals surface area contributed by atoms with Gasteiger partial charge in [-0.25, -0.2) is 4.79 Å². The van der Waals surface area contributed by atoms with Crippen molar-refractivity contribution in [3.8, 4) is 0 Å². The Kier molecular flexibility index (Phi) is 4.22. The summed E-state index contributed by atoms with van der Waals surface area (Å²) in [4.78, 5) is 23.4. The minimum absolute atomic E-state index is 0.250. The van der Waals surface area contributed by atoms with Gasteiger partial charge in [-0.15, -0.1) is 0 Å². The fourth-order valence-corrected chi connectivity index (χ4v) is 2.46. The molecule has 0 bridgehead atoms. The van der Waals surface area contributed by atoms with Crippen molar-refractivity contribution in [1.82, 2.24) is 0 Å². The van der Waals surface area contributed by atoms with E-state index in [2.05, 4.69) is 4.90 Å². The van der Waals surface area contributed by atoms with Gasteiger partial charge in [-0.2, -0.15) is 0 Å². The molecule has 0 saturated heterocycles. The summed E-state index contributed by atoms with van der Waals surface area (Å²) in [6.45, 7) is 3.64. The van der Waals surface area contributed by atoms with Crippen LogP contribution < -0.4 is 4.90 Å². The molecule has 108 valence electrons. The Morgan fingerprint density at radius 1 is 1.50 bits per heavy atom. The highest BCUT2D eigenvalue weighted by Gasteiger charge is 2.24. The summed E-state index contributed by atoms with van der Waals surface area (Å²) in [5.41, 5.74) is 0.128. The van der Waals surface area contributed by atoms with E-state index in [0.29, 0.717) is 5.92 Å². The van der Waals surface area contributed by atoms with Crippen LogP contribution in [-0.4, -0.2) is 29.1 Å². The first-order valence-electron chi connectivity index (χ1n) is 6.79. The smallest absolute Gasteiger partial charge is 0.342 e. The second-order valence-electron chi connectivity index (χ2n) is 5.10. The first-order valence-corrected chi connectivity index (χ1v) is 6.79. The fraction of sp³-hybridized carbons (Fsp3) is 0.500. The number of nitro benzene ring substituents is 1. The van der Waals surface area contributed by atoms with Gasteiger partial charge < -0.3 is 10.0 Å². The predicted molar refractivity (Wildman–Crippen MR) is 75.3 cm³/mol. The minimum Gasteiger partial charge on any atom is -0.477 e. The highest BCUT2D eigenvalue weighted by Crippen LogP contribution is 2.30. The summed E-state index contributed by atoms with van der Waals surface area (Å²) >= 11 is 0. The highest BCUT2D eigenvalue weighted by molar-refractivity contribution is 5.93. The van der Waals surface area contributed by atoms with Crippen LogP contribution in [0.3, 0.4) is 0 Å². The molecule has 0 aromatic heterocycles. The molecule has 1 aliphatic rings. The molecule has 0 spiro atoms. The molecule has 1 N–H and O–H groups in total. The number of carbonyl (C=O) groups is 1. The van der Waals surface area contributed by atoms with Crippen molar-refractivity contribution >= 4 is 17.3 Å². The van der Waals surface area contributed by atoms with Gasteiger partial charge in [0.1, 0.15) is 5.56 Å². The molecular weight excluding hydrogens is 260 g/mol. The molecule has 0 amide bonds. The Morgan fingerprint density at radius 3 is 2.65 bits per heavy atom. The molecule has 0 atom stereocenters. The molecule has 0 radical (unpaired) electrons. The maximum absolute atomic E-state index is 11.2.